The van der Waals surface area contributed by atoms with Gasteiger partial charge in [0.25, 0.3) is 0 Å². The number of aromatic nitrogens is 2. The summed E-state index contributed by atoms with van der Waals surface area (Å²) in [4.78, 5) is 22.9. The molecule has 174 valence electrons. The Kier molecular flexibility index (Phi) is 7.73. The van der Waals surface area contributed by atoms with Gasteiger partial charge in [0.05, 0.1) is 5.71 Å². The lowest BCUT2D eigenvalue weighted by molar-refractivity contribution is 0.171. The molecule has 0 amide bonds. The standard InChI is InChI=1S/C24H35N4O3P/c1-5-8-19(21-24(3,4)31-23-20(28-21)22(25)26-16-27-23)10-7-9-17-11-13-18(14-12-17)15-32(29,30)6-2/h5,7-10,16-18H,6,11-15H2,1-4H3,(H,29,30)(H2,25,26,27)/b8-5-,9-7+,19-10+. The van der Waals surface area contributed by atoms with E-state index in [1.807, 2.05) is 32.9 Å². The van der Waals surface area contributed by atoms with Crippen molar-refractivity contribution in [3.05, 3.63) is 42.3 Å². The predicted molar refractivity (Wildman–Crippen MR) is 131 cm³/mol. The largest absolute Gasteiger partial charge is 0.463 e. The van der Waals surface area contributed by atoms with Crippen molar-refractivity contribution < 1.29 is 14.2 Å². The van der Waals surface area contributed by atoms with E-state index in [2.05, 4.69) is 28.2 Å². The summed E-state index contributed by atoms with van der Waals surface area (Å²) >= 11 is 0. The van der Waals surface area contributed by atoms with Crippen molar-refractivity contribution in [2.75, 3.05) is 18.1 Å². The topological polar surface area (TPSA) is 111 Å². The lowest BCUT2D eigenvalue weighted by Gasteiger charge is -2.32. The summed E-state index contributed by atoms with van der Waals surface area (Å²) in [6.07, 6.45) is 16.7. The van der Waals surface area contributed by atoms with Crippen molar-refractivity contribution in [3.63, 3.8) is 0 Å². The van der Waals surface area contributed by atoms with Gasteiger partial charge in [-0.15, -0.1) is 0 Å². The zero-order valence-electron chi connectivity index (χ0n) is 19.5. The normalized spacial score (nSPS) is 25.3. The molecule has 0 spiro atoms. The van der Waals surface area contributed by atoms with Crippen LogP contribution in [-0.2, 0) is 4.57 Å². The summed E-state index contributed by atoms with van der Waals surface area (Å²) in [5.74, 6) is 1.54. The van der Waals surface area contributed by atoms with Gasteiger partial charge in [0, 0.05) is 12.3 Å². The van der Waals surface area contributed by atoms with Gasteiger partial charge in [0.15, 0.2) is 11.5 Å². The molecule has 3 N–H and O–H groups in total. The molecule has 1 aliphatic carbocycles. The molecule has 1 atom stereocenters. The summed E-state index contributed by atoms with van der Waals surface area (Å²) in [6, 6.07) is 0. The Morgan fingerprint density at radius 2 is 2.03 bits per heavy atom. The minimum Gasteiger partial charge on any atom is -0.463 e. The molecule has 1 aromatic rings. The molecule has 3 rings (SSSR count). The second-order valence-electron chi connectivity index (χ2n) is 9.12. The summed E-state index contributed by atoms with van der Waals surface area (Å²) in [5.41, 5.74) is 7.52. The van der Waals surface area contributed by atoms with Crippen molar-refractivity contribution in [3.8, 4) is 5.88 Å². The zero-order valence-corrected chi connectivity index (χ0v) is 20.4. The van der Waals surface area contributed by atoms with E-state index < -0.39 is 13.0 Å². The van der Waals surface area contributed by atoms with Gasteiger partial charge in [-0.3, -0.25) is 4.57 Å². The zero-order chi connectivity index (χ0) is 23.4. The van der Waals surface area contributed by atoms with E-state index in [-0.39, 0.29) is 0 Å². The van der Waals surface area contributed by atoms with Gasteiger partial charge in [-0.2, -0.15) is 4.98 Å². The fourth-order valence-electron chi connectivity index (χ4n) is 4.31. The highest BCUT2D eigenvalue weighted by atomic mass is 31.2. The Hall–Kier alpha value is -2.24. The van der Waals surface area contributed by atoms with Gasteiger partial charge in [-0.25, -0.2) is 9.98 Å². The minimum atomic E-state index is -2.94. The van der Waals surface area contributed by atoms with Crippen LogP contribution in [0.4, 0.5) is 11.5 Å². The van der Waals surface area contributed by atoms with E-state index in [0.29, 0.717) is 41.5 Å². The fourth-order valence-corrected chi connectivity index (χ4v) is 5.74. The lowest BCUT2D eigenvalue weighted by atomic mass is 9.82. The number of nitrogens with zero attached hydrogens (tertiary/aromatic N) is 3. The maximum Gasteiger partial charge on any atom is 0.246 e. The van der Waals surface area contributed by atoms with Crippen molar-refractivity contribution in [1.82, 2.24) is 9.97 Å². The molecule has 2 heterocycles. The fraction of sp³-hybridized carbons (Fsp3) is 0.542. The molecule has 1 aliphatic heterocycles. The summed E-state index contributed by atoms with van der Waals surface area (Å²) in [7, 11) is -2.94. The Morgan fingerprint density at radius 3 is 2.69 bits per heavy atom. The van der Waals surface area contributed by atoms with Crippen molar-refractivity contribution in [2.24, 2.45) is 16.8 Å². The minimum absolute atomic E-state index is 0.297. The first kappa shape index (κ1) is 24.4. The number of nitrogens with two attached hydrogens (primary N) is 1. The number of rotatable bonds is 7. The monoisotopic (exact) mass is 458 g/mol. The third-order valence-corrected chi connectivity index (χ3v) is 8.25. The van der Waals surface area contributed by atoms with Crippen molar-refractivity contribution >= 4 is 24.6 Å². The molecule has 0 radical (unpaired) electrons. The molecule has 7 nitrogen and oxygen atoms in total. The molecule has 1 aromatic heterocycles. The molecule has 1 unspecified atom stereocenters. The first-order valence-electron chi connectivity index (χ1n) is 11.4. The highest BCUT2D eigenvalue weighted by Crippen LogP contribution is 2.45. The number of hydrogen-bond acceptors (Lipinski definition) is 6. The average Bonchev–Trinajstić information content (AvgIpc) is 2.73. The molecule has 2 aliphatic rings. The van der Waals surface area contributed by atoms with Crippen LogP contribution in [0.3, 0.4) is 0 Å². The van der Waals surface area contributed by atoms with Crippen LogP contribution in [0.15, 0.2) is 47.3 Å². The van der Waals surface area contributed by atoms with E-state index in [9.17, 15) is 9.46 Å². The van der Waals surface area contributed by atoms with Crippen LogP contribution in [0.5, 0.6) is 5.88 Å². The Balaban J connectivity index is 1.74. The highest BCUT2D eigenvalue weighted by molar-refractivity contribution is 7.57. The van der Waals surface area contributed by atoms with Gasteiger partial charge >= 0.3 is 0 Å². The van der Waals surface area contributed by atoms with Crippen LogP contribution >= 0.6 is 7.37 Å². The summed E-state index contributed by atoms with van der Waals surface area (Å²) in [6.45, 7) is 7.70. The molecule has 32 heavy (non-hydrogen) atoms. The van der Waals surface area contributed by atoms with Crippen molar-refractivity contribution in [2.45, 2.75) is 59.0 Å². The smallest absolute Gasteiger partial charge is 0.246 e. The molecule has 0 aromatic carbocycles. The van der Waals surface area contributed by atoms with Crippen LogP contribution in [0.25, 0.3) is 0 Å². The molecular formula is C24H35N4O3P. The summed E-state index contributed by atoms with van der Waals surface area (Å²) in [5, 5.41) is 0. The number of aliphatic imine (C=N–C) groups is 1. The summed E-state index contributed by atoms with van der Waals surface area (Å²) < 4.78 is 18.1. The number of nitrogen functional groups attached to an aromatic ring is 1. The van der Waals surface area contributed by atoms with Gasteiger partial charge < -0.3 is 15.4 Å². The number of hydrogen-bond donors (Lipinski definition) is 2. The molecule has 1 fully saturated rings. The van der Waals surface area contributed by atoms with Gasteiger partial charge in [-0.05, 0) is 63.9 Å². The van der Waals surface area contributed by atoms with E-state index in [0.717, 1.165) is 37.0 Å². The van der Waals surface area contributed by atoms with E-state index in [1.54, 1.807) is 6.92 Å². The van der Waals surface area contributed by atoms with Crippen LogP contribution in [0, 0.1) is 11.8 Å². The third kappa shape index (κ3) is 5.96. The average molecular weight is 459 g/mol. The van der Waals surface area contributed by atoms with E-state index >= 15 is 0 Å². The molecule has 1 saturated carbocycles. The number of allylic oxidation sites excluding steroid dienone is 5. The SMILES string of the molecule is C\C=C/C(=C\C=C\C1CCC(CP(=O)(O)CC)CC1)C1=Nc2c(N)ncnc2OC1(C)C. The maximum atomic E-state index is 12.0. The molecule has 0 bridgehead atoms. The van der Waals surface area contributed by atoms with Gasteiger partial charge in [0.2, 0.25) is 13.2 Å². The quantitative estimate of drug-likeness (QED) is 0.415. The second-order valence-corrected chi connectivity index (χ2v) is 11.8. The first-order chi connectivity index (χ1) is 15.1. The van der Waals surface area contributed by atoms with Crippen molar-refractivity contribution in [1.29, 1.82) is 0 Å². The second kappa shape index (κ2) is 10.1. The van der Waals surface area contributed by atoms with Crippen LogP contribution in [0.2, 0.25) is 0 Å². The van der Waals surface area contributed by atoms with Crippen LogP contribution < -0.4 is 10.5 Å². The Labute approximate surface area is 191 Å². The first-order valence-corrected chi connectivity index (χ1v) is 13.4. The molecule has 0 saturated heterocycles. The molecule has 8 heteroatoms. The lowest BCUT2D eigenvalue weighted by Crippen LogP contribution is -2.41. The number of anilines is 1. The molecular weight excluding hydrogens is 423 g/mol. The highest BCUT2D eigenvalue weighted by Gasteiger charge is 2.35. The number of ether oxygens (including phenoxy) is 1. The number of fused-ring (bicyclic) bond motifs is 1. The van der Waals surface area contributed by atoms with E-state index in [4.69, 9.17) is 15.5 Å². The van der Waals surface area contributed by atoms with Gasteiger partial charge in [-0.1, -0.05) is 37.3 Å². The van der Waals surface area contributed by atoms with Crippen LogP contribution in [-0.4, -0.2) is 38.5 Å². The predicted octanol–water partition coefficient (Wildman–Crippen LogP) is 5.46. The van der Waals surface area contributed by atoms with E-state index in [1.165, 1.54) is 6.33 Å². The maximum absolute atomic E-state index is 12.0. The van der Waals surface area contributed by atoms with Crippen LogP contribution in [0.1, 0.15) is 53.4 Å². The third-order valence-electron chi connectivity index (χ3n) is 6.17. The Morgan fingerprint density at radius 1 is 1.31 bits per heavy atom. The Bertz CT molecular complexity index is 989. The van der Waals surface area contributed by atoms with Gasteiger partial charge in [0.1, 0.15) is 11.9 Å².